The number of nitrogens with two attached hydrogens (primary N) is 2. The van der Waals surface area contributed by atoms with Crippen molar-refractivity contribution in [3.8, 4) is 0 Å². The van der Waals surface area contributed by atoms with E-state index in [4.69, 9.17) is 11.5 Å². The normalized spacial score (nSPS) is 9.64. The van der Waals surface area contributed by atoms with Crippen LogP contribution >= 0.6 is 15.9 Å². The highest BCUT2D eigenvalue weighted by atomic mass is 79.9. The van der Waals surface area contributed by atoms with Gasteiger partial charge in [-0.05, 0) is 15.9 Å². The molecule has 0 aliphatic heterocycles. The van der Waals surface area contributed by atoms with E-state index in [0.717, 1.165) is 0 Å². The number of nitrogen functional groups attached to an aromatic ring is 2. The second-order valence-corrected chi connectivity index (χ2v) is 2.67. The smallest absolute Gasteiger partial charge is 0.224 e. The van der Waals surface area contributed by atoms with Gasteiger partial charge < -0.3 is 16.8 Å². The van der Waals surface area contributed by atoms with Crippen LogP contribution in [0.4, 0.5) is 17.6 Å². The van der Waals surface area contributed by atoms with Gasteiger partial charge in [0.1, 0.15) is 16.1 Å². The van der Waals surface area contributed by atoms with Gasteiger partial charge in [-0.2, -0.15) is 9.97 Å². The second kappa shape index (κ2) is 2.91. The van der Waals surface area contributed by atoms with E-state index in [9.17, 15) is 0 Å². The summed E-state index contributed by atoms with van der Waals surface area (Å²) in [5.74, 6) is 1.09. The minimum absolute atomic E-state index is 0.162. The molecule has 5 N–H and O–H groups in total. The first kappa shape index (κ1) is 8.06. The largest absolute Gasteiger partial charge is 0.383 e. The van der Waals surface area contributed by atoms with Crippen LogP contribution < -0.4 is 16.8 Å². The second-order valence-electron chi connectivity index (χ2n) is 1.88. The molecule has 11 heavy (non-hydrogen) atoms. The van der Waals surface area contributed by atoms with Crippen molar-refractivity contribution in [2.45, 2.75) is 0 Å². The predicted molar refractivity (Wildman–Crippen MR) is 48.1 cm³/mol. The third kappa shape index (κ3) is 1.51. The summed E-state index contributed by atoms with van der Waals surface area (Å²) >= 11 is 3.21. The molecule has 0 saturated carbocycles. The average molecular weight is 218 g/mol. The molecule has 1 aromatic rings. The fraction of sp³-hybridized carbons (Fsp3) is 0.200. The molecular weight excluding hydrogens is 210 g/mol. The predicted octanol–water partition coefficient (Wildman–Crippen LogP) is 0.445. The maximum absolute atomic E-state index is 5.48. The van der Waals surface area contributed by atoms with E-state index >= 15 is 0 Å². The zero-order valence-electron chi connectivity index (χ0n) is 5.93. The third-order valence-corrected chi connectivity index (χ3v) is 1.91. The number of nitrogens with one attached hydrogen (secondary N) is 1. The Bertz CT molecular complexity index is 274. The van der Waals surface area contributed by atoms with E-state index in [1.165, 1.54) is 0 Å². The van der Waals surface area contributed by atoms with Gasteiger partial charge >= 0.3 is 0 Å². The van der Waals surface area contributed by atoms with E-state index < -0.39 is 0 Å². The summed E-state index contributed by atoms with van der Waals surface area (Å²) in [5, 5.41) is 2.82. The zero-order chi connectivity index (χ0) is 8.43. The molecule has 0 aliphatic carbocycles. The van der Waals surface area contributed by atoms with Crippen LogP contribution in [0.25, 0.3) is 0 Å². The zero-order valence-corrected chi connectivity index (χ0v) is 7.51. The van der Waals surface area contributed by atoms with Crippen molar-refractivity contribution in [1.82, 2.24) is 9.97 Å². The SMILES string of the molecule is CNc1nc(N)nc(N)c1Br. The summed E-state index contributed by atoms with van der Waals surface area (Å²) in [6, 6.07) is 0. The number of halogens is 1. The topological polar surface area (TPSA) is 89.8 Å². The molecule has 0 aromatic carbocycles. The molecule has 5 nitrogen and oxygen atoms in total. The van der Waals surface area contributed by atoms with Gasteiger partial charge in [-0.1, -0.05) is 0 Å². The van der Waals surface area contributed by atoms with Crippen LogP contribution in [-0.2, 0) is 0 Å². The fourth-order valence-electron chi connectivity index (χ4n) is 0.648. The van der Waals surface area contributed by atoms with Crippen molar-refractivity contribution in [1.29, 1.82) is 0 Å². The number of rotatable bonds is 1. The first-order valence-corrected chi connectivity index (χ1v) is 3.70. The molecule has 0 spiro atoms. The van der Waals surface area contributed by atoms with Crippen LogP contribution in [0.1, 0.15) is 0 Å². The molecule has 0 amide bonds. The van der Waals surface area contributed by atoms with Gasteiger partial charge in [0, 0.05) is 7.05 Å². The third-order valence-electron chi connectivity index (χ3n) is 1.13. The number of hydrogen-bond donors (Lipinski definition) is 3. The summed E-state index contributed by atoms with van der Waals surface area (Å²) in [4.78, 5) is 7.62. The van der Waals surface area contributed by atoms with Gasteiger partial charge in [0.2, 0.25) is 5.95 Å². The molecule has 1 aromatic heterocycles. The van der Waals surface area contributed by atoms with Crippen LogP contribution in [0, 0.1) is 0 Å². The molecule has 0 unspecified atom stereocenters. The summed E-state index contributed by atoms with van der Waals surface area (Å²) in [5.41, 5.74) is 10.8. The number of aromatic nitrogens is 2. The van der Waals surface area contributed by atoms with Crippen LogP contribution in [-0.4, -0.2) is 17.0 Å². The van der Waals surface area contributed by atoms with E-state index in [1.807, 2.05) is 0 Å². The van der Waals surface area contributed by atoms with Crippen LogP contribution in [0.15, 0.2) is 4.47 Å². The Morgan fingerprint density at radius 3 is 2.55 bits per heavy atom. The molecule has 0 saturated heterocycles. The highest BCUT2D eigenvalue weighted by Gasteiger charge is 2.05. The molecule has 60 valence electrons. The number of anilines is 3. The molecule has 0 fully saturated rings. The van der Waals surface area contributed by atoms with Crippen molar-refractivity contribution in [3.63, 3.8) is 0 Å². The lowest BCUT2D eigenvalue weighted by atomic mass is 10.5. The van der Waals surface area contributed by atoms with Gasteiger partial charge in [0.15, 0.2) is 0 Å². The van der Waals surface area contributed by atoms with E-state index in [-0.39, 0.29) is 5.95 Å². The molecule has 0 atom stereocenters. The Kier molecular flexibility index (Phi) is 2.13. The summed E-state index contributed by atoms with van der Waals surface area (Å²) < 4.78 is 0.634. The van der Waals surface area contributed by atoms with Crippen molar-refractivity contribution >= 4 is 33.5 Å². The maximum Gasteiger partial charge on any atom is 0.224 e. The lowest BCUT2D eigenvalue weighted by Crippen LogP contribution is -2.04. The maximum atomic E-state index is 5.48. The van der Waals surface area contributed by atoms with Crippen LogP contribution in [0.2, 0.25) is 0 Å². The van der Waals surface area contributed by atoms with Gasteiger partial charge in [-0.15, -0.1) is 0 Å². The highest BCUT2D eigenvalue weighted by molar-refractivity contribution is 9.10. The Labute approximate surface area is 72.3 Å². The van der Waals surface area contributed by atoms with Gasteiger partial charge in [0.25, 0.3) is 0 Å². The lowest BCUT2D eigenvalue weighted by molar-refractivity contribution is 1.17. The average Bonchev–Trinajstić information content (AvgIpc) is 1.96. The Morgan fingerprint density at radius 1 is 1.36 bits per heavy atom. The molecule has 0 aliphatic rings. The quantitative estimate of drug-likeness (QED) is 0.636. The minimum Gasteiger partial charge on any atom is -0.383 e. The Balaban J connectivity index is 3.24. The van der Waals surface area contributed by atoms with Crippen LogP contribution in [0.5, 0.6) is 0 Å². The molecule has 6 heteroatoms. The van der Waals surface area contributed by atoms with Gasteiger partial charge in [-0.25, -0.2) is 0 Å². The van der Waals surface area contributed by atoms with Crippen molar-refractivity contribution in [3.05, 3.63) is 4.47 Å². The van der Waals surface area contributed by atoms with E-state index in [0.29, 0.717) is 16.1 Å². The Hall–Kier alpha value is -1.04. The molecule has 0 radical (unpaired) electrons. The van der Waals surface area contributed by atoms with Gasteiger partial charge in [0.05, 0.1) is 0 Å². The summed E-state index contributed by atoms with van der Waals surface area (Å²) in [6.07, 6.45) is 0. The molecular formula is C5H8BrN5. The molecule has 1 heterocycles. The Morgan fingerprint density at radius 2 is 2.00 bits per heavy atom. The van der Waals surface area contributed by atoms with E-state index in [2.05, 4.69) is 31.2 Å². The number of nitrogens with zero attached hydrogens (tertiary/aromatic N) is 2. The fourth-order valence-corrected chi connectivity index (χ4v) is 1.02. The van der Waals surface area contributed by atoms with Crippen molar-refractivity contribution < 1.29 is 0 Å². The minimum atomic E-state index is 0.162. The first-order valence-electron chi connectivity index (χ1n) is 2.91. The van der Waals surface area contributed by atoms with Gasteiger partial charge in [-0.3, -0.25) is 0 Å². The van der Waals surface area contributed by atoms with Crippen LogP contribution in [0.3, 0.4) is 0 Å². The van der Waals surface area contributed by atoms with Crippen molar-refractivity contribution in [2.24, 2.45) is 0 Å². The van der Waals surface area contributed by atoms with E-state index in [1.54, 1.807) is 7.05 Å². The number of hydrogen-bond acceptors (Lipinski definition) is 5. The first-order chi connectivity index (χ1) is 5.15. The van der Waals surface area contributed by atoms with Crippen molar-refractivity contribution in [2.75, 3.05) is 23.8 Å². The summed E-state index contributed by atoms with van der Waals surface area (Å²) in [6.45, 7) is 0. The summed E-state index contributed by atoms with van der Waals surface area (Å²) in [7, 11) is 1.73. The lowest BCUT2D eigenvalue weighted by Gasteiger charge is -2.04. The standard InChI is InChI=1S/C5H8BrN5/c1-9-4-2(6)3(7)10-5(8)11-4/h1H3,(H5,7,8,9,10,11). The monoisotopic (exact) mass is 217 g/mol. The highest BCUT2D eigenvalue weighted by Crippen LogP contribution is 2.24. The molecule has 0 bridgehead atoms. The molecule has 1 rings (SSSR count).